The Morgan fingerprint density at radius 1 is 1.20 bits per heavy atom. The maximum atomic E-state index is 13.5. The lowest BCUT2D eigenvalue weighted by Gasteiger charge is -2.43. The molecular formula is C24H30N4O7. The van der Waals surface area contributed by atoms with E-state index in [-0.39, 0.29) is 31.7 Å². The van der Waals surface area contributed by atoms with E-state index in [1.54, 1.807) is 43.3 Å². The average Bonchev–Trinajstić information content (AvgIpc) is 2.95. The second-order valence-electron chi connectivity index (χ2n) is 8.39. The van der Waals surface area contributed by atoms with Crippen molar-refractivity contribution in [3.8, 4) is 5.75 Å². The van der Waals surface area contributed by atoms with Gasteiger partial charge in [0.1, 0.15) is 17.8 Å². The Bertz CT molecular complexity index is 1010. The number of nitrogens with zero attached hydrogens (tertiary/aromatic N) is 2. The van der Waals surface area contributed by atoms with Crippen LogP contribution in [-0.4, -0.2) is 76.5 Å². The number of hydrogen-bond acceptors (Lipinski definition) is 6. The Kier molecular flexibility index (Phi) is 8.45. The number of ether oxygens (including phenoxy) is 1. The number of rotatable bonds is 8. The van der Waals surface area contributed by atoms with Gasteiger partial charge in [0, 0.05) is 18.5 Å². The van der Waals surface area contributed by atoms with E-state index in [4.69, 9.17) is 9.84 Å². The summed E-state index contributed by atoms with van der Waals surface area (Å²) in [6, 6.07) is 3.61. The van der Waals surface area contributed by atoms with E-state index in [9.17, 15) is 24.0 Å². The van der Waals surface area contributed by atoms with Gasteiger partial charge in [-0.1, -0.05) is 12.2 Å². The zero-order valence-corrected chi connectivity index (χ0v) is 19.7. The molecule has 1 aromatic rings. The van der Waals surface area contributed by atoms with Gasteiger partial charge in [-0.2, -0.15) is 0 Å². The first-order chi connectivity index (χ1) is 16.7. The van der Waals surface area contributed by atoms with Crippen LogP contribution in [0.4, 0.5) is 0 Å². The lowest BCUT2D eigenvalue weighted by atomic mass is 10.0. The number of fused-ring (bicyclic) bond motifs is 1. The van der Waals surface area contributed by atoms with Gasteiger partial charge < -0.3 is 20.5 Å². The van der Waals surface area contributed by atoms with Gasteiger partial charge in [0.25, 0.3) is 11.8 Å². The first-order valence-corrected chi connectivity index (χ1v) is 11.5. The van der Waals surface area contributed by atoms with Crippen LogP contribution in [0.1, 0.15) is 49.4 Å². The zero-order chi connectivity index (χ0) is 25.5. The highest BCUT2D eigenvalue weighted by molar-refractivity contribution is 5.99. The van der Waals surface area contributed by atoms with Gasteiger partial charge in [-0.3, -0.25) is 29.0 Å². The Balaban J connectivity index is 1.80. The molecule has 0 saturated carbocycles. The molecule has 2 saturated heterocycles. The Hall–Kier alpha value is -3.89. The molecule has 0 spiro atoms. The van der Waals surface area contributed by atoms with Crippen molar-refractivity contribution >= 4 is 29.6 Å². The minimum atomic E-state index is -1.08. The van der Waals surface area contributed by atoms with Crippen LogP contribution in [0.2, 0.25) is 0 Å². The molecule has 0 aromatic heterocycles. The summed E-state index contributed by atoms with van der Waals surface area (Å²) in [5, 5.41) is 16.9. The normalized spacial score (nSPS) is 21.2. The molecule has 3 rings (SSSR count). The van der Waals surface area contributed by atoms with E-state index >= 15 is 0 Å². The molecule has 3 atom stereocenters. The van der Waals surface area contributed by atoms with Gasteiger partial charge in [0.05, 0.1) is 19.6 Å². The van der Waals surface area contributed by atoms with E-state index in [1.165, 1.54) is 12.1 Å². The quantitative estimate of drug-likeness (QED) is 0.462. The summed E-state index contributed by atoms with van der Waals surface area (Å²) in [7, 11) is 1.51. The number of carboxylic acid groups (broad SMARTS) is 1. The number of nitrogens with one attached hydrogen (secondary N) is 2. The summed E-state index contributed by atoms with van der Waals surface area (Å²) in [5.74, 6) is -2.41. The number of carbonyl (C=O) groups is 5. The zero-order valence-electron chi connectivity index (χ0n) is 19.7. The van der Waals surface area contributed by atoms with E-state index < -0.39 is 41.8 Å². The molecule has 0 unspecified atom stereocenters. The molecule has 0 radical (unpaired) electrons. The molecule has 0 aliphatic carbocycles. The molecule has 2 fully saturated rings. The fraction of sp³-hybridized carbons (Fsp3) is 0.458. The highest BCUT2D eigenvalue weighted by atomic mass is 16.5. The summed E-state index contributed by atoms with van der Waals surface area (Å²) in [5.41, 5.74) is 0.321. The molecule has 2 heterocycles. The largest absolute Gasteiger partial charge is 0.497 e. The number of hydrazine groups is 1. The summed E-state index contributed by atoms with van der Waals surface area (Å²) in [6.07, 6.45) is 3.80. The third-order valence-electron chi connectivity index (χ3n) is 5.97. The van der Waals surface area contributed by atoms with Crippen molar-refractivity contribution in [1.29, 1.82) is 0 Å². The monoisotopic (exact) mass is 486 g/mol. The van der Waals surface area contributed by atoms with Gasteiger partial charge in [0.2, 0.25) is 11.8 Å². The van der Waals surface area contributed by atoms with Crippen molar-refractivity contribution in [3.63, 3.8) is 0 Å². The molecule has 2 aliphatic rings. The first-order valence-electron chi connectivity index (χ1n) is 11.5. The Morgan fingerprint density at radius 3 is 2.54 bits per heavy atom. The fourth-order valence-corrected chi connectivity index (χ4v) is 4.26. The van der Waals surface area contributed by atoms with Crippen molar-refractivity contribution in [3.05, 3.63) is 42.0 Å². The lowest BCUT2D eigenvalue weighted by Crippen LogP contribution is -2.64. The number of hydrogen-bond donors (Lipinski definition) is 3. The number of carboxylic acids is 1. The number of allylic oxidation sites excluding steroid dienone is 1. The van der Waals surface area contributed by atoms with Crippen molar-refractivity contribution in [2.45, 2.75) is 57.2 Å². The minimum absolute atomic E-state index is 0.0321. The smallest absolute Gasteiger partial charge is 0.305 e. The van der Waals surface area contributed by atoms with Crippen molar-refractivity contribution in [2.24, 2.45) is 0 Å². The number of benzene rings is 1. The Morgan fingerprint density at radius 2 is 1.91 bits per heavy atom. The Labute approximate surface area is 203 Å². The van der Waals surface area contributed by atoms with Gasteiger partial charge in [-0.15, -0.1) is 0 Å². The number of aliphatic carboxylic acids is 1. The fourth-order valence-electron chi connectivity index (χ4n) is 4.26. The molecule has 1 aromatic carbocycles. The first kappa shape index (κ1) is 25.7. The van der Waals surface area contributed by atoms with E-state index in [0.29, 0.717) is 24.2 Å². The van der Waals surface area contributed by atoms with Crippen molar-refractivity contribution < 1.29 is 33.8 Å². The average molecular weight is 487 g/mol. The number of carbonyl (C=O) groups excluding carboxylic acids is 4. The second kappa shape index (κ2) is 11.5. The highest BCUT2D eigenvalue weighted by Crippen LogP contribution is 2.25. The molecule has 3 N–H and O–H groups in total. The van der Waals surface area contributed by atoms with Crippen LogP contribution in [0.25, 0.3) is 0 Å². The van der Waals surface area contributed by atoms with Crippen LogP contribution in [0, 0.1) is 0 Å². The van der Waals surface area contributed by atoms with Gasteiger partial charge in [-0.05, 0) is 50.5 Å². The highest BCUT2D eigenvalue weighted by Gasteiger charge is 2.44. The maximum absolute atomic E-state index is 13.5. The summed E-state index contributed by atoms with van der Waals surface area (Å²) >= 11 is 0. The van der Waals surface area contributed by atoms with Crippen LogP contribution in [0.3, 0.4) is 0 Å². The molecule has 11 nitrogen and oxygen atoms in total. The summed E-state index contributed by atoms with van der Waals surface area (Å²) < 4.78 is 5.09. The van der Waals surface area contributed by atoms with Crippen LogP contribution in [-0.2, 0) is 19.2 Å². The maximum Gasteiger partial charge on any atom is 0.305 e. The summed E-state index contributed by atoms with van der Waals surface area (Å²) in [4.78, 5) is 63.4. The number of amides is 4. The standard InChI is InChI=1S/C24H30N4O7/c1-3-5-16(14-21(30)31)25-23(33)19-6-4-13-27-20(29)12-11-18(24(34)28(19)27)26-22(32)15-7-9-17(35-2)10-8-15/h3,5,7-10,16,18-19H,4,6,11-14H2,1-2H3,(H,25,33)(H,26,32)(H,30,31)/b5-3+/t16-,18+,19+/m1/s1. The van der Waals surface area contributed by atoms with Crippen LogP contribution in [0.5, 0.6) is 5.75 Å². The van der Waals surface area contributed by atoms with Crippen LogP contribution < -0.4 is 15.4 Å². The minimum Gasteiger partial charge on any atom is -0.497 e. The molecule has 35 heavy (non-hydrogen) atoms. The van der Waals surface area contributed by atoms with Crippen molar-refractivity contribution in [1.82, 2.24) is 20.7 Å². The summed E-state index contributed by atoms with van der Waals surface area (Å²) in [6.45, 7) is 1.98. The SMILES string of the molecule is C/C=C/[C@H](CC(=O)O)NC(=O)[C@@H]1CCCN2C(=O)CC[C@H](NC(=O)c3ccc(OC)cc3)C(=O)N12. The molecular weight excluding hydrogens is 456 g/mol. The van der Waals surface area contributed by atoms with Crippen LogP contribution >= 0.6 is 0 Å². The topological polar surface area (TPSA) is 145 Å². The lowest BCUT2D eigenvalue weighted by molar-refractivity contribution is -0.176. The van der Waals surface area contributed by atoms with E-state index in [2.05, 4.69) is 10.6 Å². The van der Waals surface area contributed by atoms with Gasteiger partial charge in [0.15, 0.2) is 0 Å². The molecule has 0 bridgehead atoms. The van der Waals surface area contributed by atoms with E-state index in [1.807, 2.05) is 0 Å². The molecule has 11 heteroatoms. The molecule has 2 aliphatic heterocycles. The van der Waals surface area contributed by atoms with E-state index in [0.717, 1.165) is 5.01 Å². The number of methoxy groups -OCH3 is 1. The van der Waals surface area contributed by atoms with Crippen LogP contribution in [0.15, 0.2) is 36.4 Å². The molecule has 188 valence electrons. The molecule has 4 amide bonds. The van der Waals surface area contributed by atoms with Crippen molar-refractivity contribution in [2.75, 3.05) is 13.7 Å². The predicted molar refractivity (Wildman–Crippen MR) is 124 cm³/mol. The third kappa shape index (κ3) is 6.17. The second-order valence-corrected chi connectivity index (χ2v) is 8.39. The van der Waals surface area contributed by atoms with Gasteiger partial charge in [-0.25, -0.2) is 5.01 Å². The third-order valence-corrected chi connectivity index (χ3v) is 5.97. The van der Waals surface area contributed by atoms with Gasteiger partial charge >= 0.3 is 5.97 Å². The predicted octanol–water partition coefficient (Wildman–Crippen LogP) is 0.858.